The minimum absolute atomic E-state index is 0.160. The van der Waals surface area contributed by atoms with Gasteiger partial charge in [-0.3, -0.25) is 4.79 Å². The Balaban J connectivity index is 2.81. The first-order chi connectivity index (χ1) is 9.10. The van der Waals surface area contributed by atoms with Gasteiger partial charge in [0.25, 0.3) is 5.91 Å². The lowest BCUT2D eigenvalue weighted by atomic mass is 10.2. The van der Waals surface area contributed by atoms with Crippen LogP contribution in [0.15, 0.2) is 18.2 Å². The van der Waals surface area contributed by atoms with Crippen LogP contribution < -0.4 is 15.4 Å². The molecule has 1 unspecified atom stereocenters. The molecule has 106 valence electrons. The number of hydrogen-bond acceptors (Lipinski definition) is 3. The van der Waals surface area contributed by atoms with Crippen molar-refractivity contribution in [2.75, 3.05) is 13.6 Å². The second kappa shape index (κ2) is 8.02. The molecule has 0 saturated carbocycles. The predicted octanol–water partition coefficient (Wildman–Crippen LogP) is 2.35. The lowest BCUT2D eigenvalue weighted by Gasteiger charge is -2.17. The largest absolute Gasteiger partial charge is 0.481 e. The summed E-state index contributed by atoms with van der Waals surface area (Å²) in [6.45, 7) is 5.35. The van der Waals surface area contributed by atoms with E-state index in [0.717, 1.165) is 18.5 Å². The van der Waals surface area contributed by atoms with Crippen molar-refractivity contribution in [3.63, 3.8) is 0 Å². The third-order valence-corrected chi connectivity index (χ3v) is 3.08. The van der Waals surface area contributed by atoms with Crippen molar-refractivity contribution in [3.05, 3.63) is 28.8 Å². The van der Waals surface area contributed by atoms with Crippen LogP contribution in [0.25, 0.3) is 0 Å². The summed E-state index contributed by atoms with van der Waals surface area (Å²) in [6.07, 6.45) is 0.503. The molecule has 0 aliphatic carbocycles. The highest BCUT2D eigenvalue weighted by Gasteiger charge is 2.16. The van der Waals surface area contributed by atoms with Crippen molar-refractivity contribution in [3.8, 4) is 5.75 Å². The third-order valence-electron chi connectivity index (χ3n) is 2.72. The fraction of sp³-hybridized carbons (Fsp3) is 0.500. The third kappa shape index (κ3) is 4.73. The first kappa shape index (κ1) is 15.8. The molecular formula is C14H21ClN2O2. The fourth-order valence-corrected chi connectivity index (χ4v) is 1.89. The molecule has 1 aromatic rings. The zero-order valence-electron chi connectivity index (χ0n) is 11.6. The first-order valence-electron chi connectivity index (χ1n) is 6.46. The van der Waals surface area contributed by atoms with Crippen molar-refractivity contribution in [2.45, 2.75) is 32.9 Å². The molecule has 0 heterocycles. The maximum atomic E-state index is 11.5. The summed E-state index contributed by atoms with van der Waals surface area (Å²) < 4.78 is 5.67. The molecule has 19 heavy (non-hydrogen) atoms. The zero-order valence-corrected chi connectivity index (χ0v) is 12.4. The molecule has 0 fully saturated rings. The van der Waals surface area contributed by atoms with Gasteiger partial charge in [-0.2, -0.15) is 0 Å². The monoisotopic (exact) mass is 284 g/mol. The van der Waals surface area contributed by atoms with Crippen LogP contribution in [-0.2, 0) is 11.3 Å². The number of likely N-dealkylation sites (N-methyl/N-ethyl adjacent to an activating group) is 1. The molecule has 0 bridgehead atoms. The number of carbonyl (C=O) groups is 1. The van der Waals surface area contributed by atoms with Gasteiger partial charge in [-0.15, -0.1) is 0 Å². The molecule has 1 rings (SSSR count). The topological polar surface area (TPSA) is 50.4 Å². The van der Waals surface area contributed by atoms with Crippen molar-refractivity contribution in [1.82, 2.24) is 10.6 Å². The number of hydrogen-bond donors (Lipinski definition) is 2. The van der Waals surface area contributed by atoms with Crippen LogP contribution in [0, 0.1) is 0 Å². The molecule has 1 aromatic carbocycles. The zero-order chi connectivity index (χ0) is 14.3. The molecule has 0 aliphatic rings. The van der Waals surface area contributed by atoms with Crippen LogP contribution >= 0.6 is 11.6 Å². The second-order valence-corrected chi connectivity index (χ2v) is 4.67. The lowest BCUT2D eigenvalue weighted by molar-refractivity contribution is -0.126. The number of amides is 1. The number of nitrogens with one attached hydrogen (secondary N) is 2. The number of benzene rings is 1. The van der Waals surface area contributed by atoms with Gasteiger partial charge in [-0.25, -0.2) is 0 Å². The van der Waals surface area contributed by atoms with Crippen LogP contribution in [0.3, 0.4) is 0 Å². The van der Waals surface area contributed by atoms with E-state index in [4.69, 9.17) is 16.3 Å². The van der Waals surface area contributed by atoms with E-state index >= 15 is 0 Å². The molecule has 0 radical (unpaired) electrons. The molecule has 4 nitrogen and oxygen atoms in total. The molecular weight excluding hydrogens is 264 g/mol. The van der Waals surface area contributed by atoms with Crippen molar-refractivity contribution in [1.29, 1.82) is 0 Å². The maximum absolute atomic E-state index is 11.5. The summed E-state index contributed by atoms with van der Waals surface area (Å²) in [5, 5.41) is 6.49. The van der Waals surface area contributed by atoms with Gasteiger partial charge >= 0.3 is 0 Å². The Bertz CT molecular complexity index is 424. The molecule has 0 saturated heterocycles. The van der Waals surface area contributed by atoms with E-state index in [-0.39, 0.29) is 5.91 Å². The average Bonchev–Trinajstić information content (AvgIpc) is 2.41. The van der Waals surface area contributed by atoms with Gasteiger partial charge in [0.1, 0.15) is 5.75 Å². The minimum Gasteiger partial charge on any atom is -0.481 e. The Morgan fingerprint density at radius 1 is 1.47 bits per heavy atom. The van der Waals surface area contributed by atoms with Crippen LogP contribution in [0.1, 0.15) is 25.8 Å². The number of rotatable bonds is 7. The Morgan fingerprint density at radius 2 is 2.21 bits per heavy atom. The summed E-state index contributed by atoms with van der Waals surface area (Å²) in [6, 6.07) is 5.47. The highest BCUT2D eigenvalue weighted by molar-refractivity contribution is 6.31. The predicted molar refractivity (Wildman–Crippen MR) is 77.6 cm³/mol. The quantitative estimate of drug-likeness (QED) is 0.756. The number of carbonyl (C=O) groups excluding carboxylic acids is 1. The SMILES string of the molecule is CCCNCc1c(Cl)cccc1OC(C)C(=O)NC. The minimum atomic E-state index is -0.548. The van der Waals surface area contributed by atoms with Crippen molar-refractivity contribution >= 4 is 17.5 Å². The van der Waals surface area contributed by atoms with Gasteiger partial charge in [-0.05, 0) is 32.0 Å². The molecule has 1 atom stereocenters. The van der Waals surface area contributed by atoms with E-state index in [1.54, 1.807) is 14.0 Å². The highest BCUT2D eigenvalue weighted by Crippen LogP contribution is 2.27. The lowest BCUT2D eigenvalue weighted by Crippen LogP contribution is -2.34. The summed E-state index contributed by atoms with van der Waals surface area (Å²) >= 11 is 6.18. The number of halogens is 1. The first-order valence-corrected chi connectivity index (χ1v) is 6.84. The smallest absolute Gasteiger partial charge is 0.260 e. The van der Waals surface area contributed by atoms with Gasteiger partial charge in [-0.1, -0.05) is 24.6 Å². The Morgan fingerprint density at radius 3 is 2.84 bits per heavy atom. The van der Waals surface area contributed by atoms with Gasteiger partial charge < -0.3 is 15.4 Å². The summed E-state index contributed by atoms with van der Waals surface area (Å²) in [5.41, 5.74) is 0.883. The Hall–Kier alpha value is -1.26. The van der Waals surface area contributed by atoms with Crippen LogP contribution in [0.2, 0.25) is 5.02 Å². The van der Waals surface area contributed by atoms with E-state index in [9.17, 15) is 4.79 Å². The summed E-state index contributed by atoms with van der Waals surface area (Å²) in [7, 11) is 1.59. The summed E-state index contributed by atoms with van der Waals surface area (Å²) in [5.74, 6) is 0.486. The van der Waals surface area contributed by atoms with E-state index in [1.807, 2.05) is 18.2 Å². The number of ether oxygens (including phenoxy) is 1. The normalized spacial score (nSPS) is 12.0. The van der Waals surface area contributed by atoms with Crippen molar-refractivity contribution in [2.24, 2.45) is 0 Å². The van der Waals surface area contributed by atoms with E-state index in [0.29, 0.717) is 17.3 Å². The average molecular weight is 285 g/mol. The van der Waals surface area contributed by atoms with Gasteiger partial charge in [0.05, 0.1) is 0 Å². The van der Waals surface area contributed by atoms with Gasteiger partial charge in [0, 0.05) is 24.2 Å². The van der Waals surface area contributed by atoms with Gasteiger partial charge in [0.2, 0.25) is 0 Å². The van der Waals surface area contributed by atoms with Crippen LogP contribution in [-0.4, -0.2) is 25.6 Å². The van der Waals surface area contributed by atoms with E-state index < -0.39 is 6.10 Å². The maximum Gasteiger partial charge on any atom is 0.260 e. The second-order valence-electron chi connectivity index (χ2n) is 4.27. The molecule has 1 amide bonds. The molecule has 0 aliphatic heterocycles. The molecule has 0 aromatic heterocycles. The standard InChI is InChI=1S/C14H21ClN2O2/c1-4-8-17-9-11-12(15)6-5-7-13(11)19-10(2)14(18)16-3/h5-7,10,17H,4,8-9H2,1-3H3,(H,16,18). The Labute approximate surface area is 119 Å². The molecule has 5 heteroatoms. The van der Waals surface area contributed by atoms with Gasteiger partial charge in [0.15, 0.2) is 6.10 Å². The van der Waals surface area contributed by atoms with E-state index in [2.05, 4.69) is 17.6 Å². The van der Waals surface area contributed by atoms with Crippen LogP contribution in [0.4, 0.5) is 0 Å². The molecule has 2 N–H and O–H groups in total. The highest BCUT2D eigenvalue weighted by atomic mass is 35.5. The fourth-order valence-electron chi connectivity index (χ4n) is 1.66. The summed E-state index contributed by atoms with van der Waals surface area (Å²) in [4.78, 5) is 11.5. The molecule has 0 spiro atoms. The Kier molecular flexibility index (Phi) is 6.67. The van der Waals surface area contributed by atoms with Crippen molar-refractivity contribution < 1.29 is 9.53 Å². The van der Waals surface area contributed by atoms with E-state index in [1.165, 1.54) is 0 Å². The van der Waals surface area contributed by atoms with Crippen LogP contribution in [0.5, 0.6) is 5.75 Å².